The van der Waals surface area contributed by atoms with Crippen LogP contribution in [0.1, 0.15) is 49.7 Å². The number of nitrogens with zero attached hydrogens (tertiary/aromatic N) is 3. The molecule has 1 aliphatic heterocycles. The molecule has 0 spiro atoms. The molecule has 1 N–H and O–H groups in total. The Kier molecular flexibility index (Phi) is 6.93. The second-order valence-electron chi connectivity index (χ2n) is 8.80. The zero-order valence-corrected chi connectivity index (χ0v) is 18.7. The van der Waals surface area contributed by atoms with Crippen molar-refractivity contribution in [2.75, 3.05) is 26.2 Å². The van der Waals surface area contributed by atoms with Crippen molar-refractivity contribution in [3.8, 4) is 0 Å². The predicted octanol–water partition coefficient (Wildman–Crippen LogP) is 4.58. The first-order valence-corrected chi connectivity index (χ1v) is 10.7. The van der Waals surface area contributed by atoms with Crippen LogP contribution in [0.3, 0.4) is 0 Å². The lowest BCUT2D eigenvalue weighted by molar-refractivity contribution is 0.186. The molecule has 0 aliphatic carbocycles. The highest BCUT2D eigenvalue weighted by Gasteiger charge is 2.27. The lowest BCUT2D eigenvalue weighted by Crippen LogP contribution is -2.49. The van der Waals surface area contributed by atoms with Gasteiger partial charge in [-0.15, -0.1) is 0 Å². The molecular weight excluding hydrogens is 372 g/mol. The van der Waals surface area contributed by atoms with Crippen LogP contribution in [0.15, 0.2) is 49.0 Å². The molecule has 5 heteroatoms. The molecule has 2 amide bonds. The number of benzene rings is 1. The van der Waals surface area contributed by atoms with E-state index in [9.17, 15) is 4.79 Å². The Morgan fingerprint density at radius 3 is 2.63 bits per heavy atom. The predicted molar refractivity (Wildman–Crippen MR) is 123 cm³/mol. The van der Waals surface area contributed by atoms with Gasteiger partial charge in [0.05, 0.1) is 11.2 Å². The minimum atomic E-state index is -0.458. The first kappa shape index (κ1) is 22.0. The van der Waals surface area contributed by atoms with Crippen LogP contribution in [-0.4, -0.2) is 47.0 Å². The smallest absolute Gasteiger partial charge is 0.318 e. The Balaban J connectivity index is 1.60. The maximum atomic E-state index is 13.0. The number of aryl methyl sites for hydroxylation is 1. The molecule has 0 bridgehead atoms. The number of carbonyl (C=O) groups is 1. The van der Waals surface area contributed by atoms with Gasteiger partial charge in [-0.25, -0.2) is 4.79 Å². The van der Waals surface area contributed by atoms with E-state index in [1.165, 1.54) is 0 Å². The van der Waals surface area contributed by atoms with Gasteiger partial charge in [-0.05, 0) is 63.4 Å². The molecule has 30 heavy (non-hydrogen) atoms. The first-order chi connectivity index (χ1) is 14.2. The van der Waals surface area contributed by atoms with Crippen LogP contribution in [0.25, 0.3) is 5.57 Å². The highest BCUT2D eigenvalue weighted by Crippen LogP contribution is 2.24. The first-order valence-electron chi connectivity index (χ1n) is 10.7. The number of carbonyl (C=O) groups excluding carboxylic acids is 1. The van der Waals surface area contributed by atoms with Gasteiger partial charge in [-0.3, -0.25) is 9.88 Å². The lowest BCUT2D eigenvalue weighted by Gasteiger charge is -2.31. The minimum Gasteiger partial charge on any atom is -0.329 e. The number of rotatable bonds is 5. The van der Waals surface area contributed by atoms with E-state index in [-0.39, 0.29) is 6.03 Å². The molecule has 2 aromatic rings. The summed E-state index contributed by atoms with van der Waals surface area (Å²) in [6.07, 6.45) is 0.963. The molecule has 1 saturated heterocycles. The van der Waals surface area contributed by atoms with E-state index < -0.39 is 5.54 Å². The third-order valence-corrected chi connectivity index (χ3v) is 5.70. The van der Waals surface area contributed by atoms with E-state index >= 15 is 0 Å². The quantitative estimate of drug-likeness (QED) is 0.791. The van der Waals surface area contributed by atoms with Gasteiger partial charge in [0.25, 0.3) is 0 Å². The topological polar surface area (TPSA) is 48.5 Å². The fourth-order valence-electron chi connectivity index (χ4n) is 3.84. The zero-order chi connectivity index (χ0) is 21.7. The van der Waals surface area contributed by atoms with Crippen molar-refractivity contribution in [1.29, 1.82) is 0 Å². The molecule has 5 nitrogen and oxygen atoms in total. The number of hydrogen-bond acceptors (Lipinski definition) is 3. The Labute approximate surface area is 180 Å². The average molecular weight is 407 g/mol. The Morgan fingerprint density at radius 1 is 1.13 bits per heavy atom. The molecule has 1 aromatic heterocycles. The van der Waals surface area contributed by atoms with Crippen LogP contribution < -0.4 is 5.32 Å². The molecule has 160 valence electrons. The maximum Gasteiger partial charge on any atom is 0.318 e. The van der Waals surface area contributed by atoms with Gasteiger partial charge in [0, 0.05) is 38.4 Å². The van der Waals surface area contributed by atoms with Crippen molar-refractivity contribution >= 4 is 11.6 Å². The zero-order valence-electron chi connectivity index (χ0n) is 18.7. The summed E-state index contributed by atoms with van der Waals surface area (Å²) in [5.41, 5.74) is 4.88. The van der Waals surface area contributed by atoms with Crippen LogP contribution in [0.2, 0.25) is 0 Å². The van der Waals surface area contributed by atoms with E-state index in [0.29, 0.717) is 0 Å². The monoisotopic (exact) mass is 406 g/mol. The van der Waals surface area contributed by atoms with Gasteiger partial charge in [0.15, 0.2) is 0 Å². The van der Waals surface area contributed by atoms with E-state index in [1.54, 1.807) is 0 Å². The van der Waals surface area contributed by atoms with Crippen molar-refractivity contribution in [2.24, 2.45) is 0 Å². The van der Waals surface area contributed by atoms with Gasteiger partial charge in [0.2, 0.25) is 0 Å². The van der Waals surface area contributed by atoms with E-state index in [1.807, 2.05) is 30.9 Å². The van der Waals surface area contributed by atoms with Crippen LogP contribution in [0, 0.1) is 6.92 Å². The van der Waals surface area contributed by atoms with Crippen LogP contribution in [0.5, 0.6) is 0 Å². The Bertz CT molecular complexity index is 906. The summed E-state index contributed by atoms with van der Waals surface area (Å²) in [7, 11) is 0. The molecule has 1 aliphatic rings. The van der Waals surface area contributed by atoms with Gasteiger partial charge < -0.3 is 10.2 Å². The summed E-state index contributed by atoms with van der Waals surface area (Å²) >= 11 is 0. The molecule has 0 unspecified atom stereocenters. The highest BCUT2D eigenvalue weighted by molar-refractivity contribution is 5.75. The van der Waals surface area contributed by atoms with Crippen molar-refractivity contribution in [3.05, 3.63) is 71.6 Å². The van der Waals surface area contributed by atoms with E-state index in [0.717, 1.165) is 67.2 Å². The van der Waals surface area contributed by atoms with Crippen LogP contribution in [0.4, 0.5) is 4.79 Å². The molecule has 1 fully saturated rings. The van der Waals surface area contributed by atoms with Crippen molar-refractivity contribution in [2.45, 2.75) is 46.2 Å². The fourth-order valence-corrected chi connectivity index (χ4v) is 3.84. The maximum absolute atomic E-state index is 13.0. The molecule has 0 saturated carbocycles. The van der Waals surface area contributed by atoms with Crippen molar-refractivity contribution in [1.82, 2.24) is 20.1 Å². The average Bonchev–Trinajstić information content (AvgIpc) is 2.93. The number of hydrogen-bond donors (Lipinski definition) is 1. The number of urea groups is 1. The number of amides is 2. The summed E-state index contributed by atoms with van der Waals surface area (Å²) in [6.45, 7) is 16.3. The van der Waals surface area contributed by atoms with Gasteiger partial charge in [-0.1, -0.05) is 36.4 Å². The summed E-state index contributed by atoms with van der Waals surface area (Å²) in [4.78, 5) is 22.0. The lowest BCUT2D eigenvalue weighted by atomic mass is 9.92. The van der Waals surface area contributed by atoms with Crippen LogP contribution in [-0.2, 0) is 12.1 Å². The number of aromatic nitrogens is 1. The van der Waals surface area contributed by atoms with Gasteiger partial charge in [-0.2, -0.15) is 0 Å². The second kappa shape index (κ2) is 9.43. The standard InChI is InChI=1S/C25H34N4O/c1-19(2)21-10-7-11-22(17-21)25(4,5)27-24(30)29-14-8-13-28(15-16-29)18-23-12-6-9-20(3)26-23/h6-7,9-12,17H,1,8,13-16,18H2,2-5H3,(H,27,30). The minimum absolute atomic E-state index is 0.00346. The highest BCUT2D eigenvalue weighted by atomic mass is 16.2. The third kappa shape index (κ3) is 5.70. The number of nitrogens with one attached hydrogen (secondary N) is 1. The molecule has 2 heterocycles. The Hall–Kier alpha value is -2.66. The molecule has 3 rings (SSSR count). The third-order valence-electron chi connectivity index (χ3n) is 5.70. The normalized spacial score (nSPS) is 15.5. The van der Waals surface area contributed by atoms with Crippen molar-refractivity contribution in [3.63, 3.8) is 0 Å². The largest absolute Gasteiger partial charge is 0.329 e. The van der Waals surface area contributed by atoms with Crippen molar-refractivity contribution < 1.29 is 4.79 Å². The van der Waals surface area contributed by atoms with Gasteiger partial charge >= 0.3 is 6.03 Å². The summed E-state index contributed by atoms with van der Waals surface area (Å²) < 4.78 is 0. The molecule has 1 aromatic carbocycles. The van der Waals surface area contributed by atoms with E-state index in [2.05, 4.69) is 66.0 Å². The number of pyridine rings is 1. The Morgan fingerprint density at radius 2 is 1.90 bits per heavy atom. The van der Waals surface area contributed by atoms with E-state index in [4.69, 9.17) is 0 Å². The SMILES string of the molecule is C=C(C)c1cccc(C(C)(C)NC(=O)N2CCCN(Cc3cccc(C)n3)CC2)c1. The summed E-state index contributed by atoms with van der Waals surface area (Å²) in [6, 6.07) is 14.4. The molecule has 0 atom stereocenters. The fraction of sp³-hybridized carbons (Fsp3) is 0.440. The summed E-state index contributed by atoms with van der Waals surface area (Å²) in [5.74, 6) is 0. The second-order valence-corrected chi connectivity index (χ2v) is 8.80. The summed E-state index contributed by atoms with van der Waals surface area (Å²) in [5, 5.41) is 3.23. The number of allylic oxidation sites excluding steroid dienone is 1. The molecular formula is C25H34N4O. The van der Waals surface area contributed by atoms with Crippen LogP contribution >= 0.6 is 0 Å². The molecule has 0 radical (unpaired) electrons. The van der Waals surface area contributed by atoms with Gasteiger partial charge in [0.1, 0.15) is 0 Å².